The lowest BCUT2D eigenvalue weighted by Gasteiger charge is -2.39. The van der Waals surface area contributed by atoms with Crippen molar-refractivity contribution in [2.24, 2.45) is 0 Å². The first kappa shape index (κ1) is 27.3. The molecule has 2 saturated carbocycles. The van der Waals surface area contributed by atoms with Gasteiger partial charge in [-0.2, -0.15) is 0 Å². The fourth-order valence-corrected chi connectivity index (χ4v) is 8.83. The summed E-state index contributed by atoms with van der Waals surface area (Å²) in [6.07, 6.45) is 14.7. The molecule has 0 spiro atoms. The Kier molecular flexibility index (Phi) is 11.1. The molecule has 0 amide bonds. The molecule has 184 valence electrons. The molecule has 0 radical (unpaired) electrons. The topological polar surface area (TPSA) is 22.0 Å². The van der Waals surface area contributed by atoms with Crippen LogP contribution in [-0.2, 0) is 0 Å². The molecule has 2 fully saturated rings. The third-order valence-electron chi connectivity index (χ3n) is 5.93. The smallest absolute Gasteiger partial charge is 0.580 e. The molecule has 0 saturated heterocycles. The Morgan fingerprint density at radius 1 is 0.844 bits per heavy atom. The molecule has 1 aromatic rings. The van der Waals surface area contributed by atoms with Crippen LogP contribution in [0.1, 0.15) is 91.9 Å². The van der Waals surface area contributed by atoms with E-state index in [0.717, 1.165) is 17.1 Å². The van der Waals surface area contributed by atoms with E-state index in [2.05, 4.69) is 45.9 Å². The summed E-state index contributed by atoms with van der Waals surface area (Å²) in [6.45, 7) is 8.70. The van der Waals surface area contributed by atoms with Crippen LogP contribution in [-0.4, -0.2) is 35.5 Å². The van der Waals surface area contributed by atoms with Crippen LogP contribution in [0.3, 0.4) is 0 Å². The summed E-state index contributed by atoms with van der Waals surface area (Å²) in [4.78, 5) is 0. The molecular formula is C24H40BF4O2P. The monoisotopic (exact) mass is 478 g/mol. The largest absolute Gasteiger partial charge is 0.673 e. The van der Waals surface area contributed by atoms with Crippen LogP contribution in [0, 0.1) is 0 Å². The Bertz CT molecular complexity index is 620. The predicted molar refractivity (Wildman–Crippen MR) is 129 cm³/mol. The lowest BCUT2D eigenvalue weighted by atomic mass is 9.99. The predicted octanol–water partition coefficient (Wildman–Crippen LogP) is 8.20. The molecule has 1 N–H and O–H groups in total. The molecule has 2 aliphatic carbocycles. The molecule has 0 bridgehead atoms. The first-order chi connectivity index (χ1) is 15.1. The number of rotatable bonds is 7. The minimum Gasteiger partial charge on any atom is -0.580 e. The second-order valence-electron chi connectivity index (χ2n) is 9.50. The van der Waals surface area contributed by atoms with Gasteiger partial charge in [0.15, 0.2) is 6.10 Å². The molecule has 3 rings (SSSR count). The van der Waals surface area contributed by atoms with Gasteiger partial charge in [-0.05, 0) is 63.0 Å². The molecule has 2 nitrogen and oxygen atoms in total. The summed E-state index contributed by atoms with van der Waals surface area (Å²) in [5.41, 5.74) is 1.74. The summed E-state index contributed by atoms with van der Waals surface area (Å²) in [5, 5.41) is 1.51. The third-order valence-corrected chi connectivity index (χ3v) is 9.50. The summed E-state index contributed by atoms with van der Waals surface area (Å²) in [6, 6.07) is 6.62. The summed E-state index contributed by atoms with van der Waals surface area (Å²) < 4.78 is 50.5. The maximum absolute atomic E-state index is 9.75. The van der Waals surface area contributed by atoms with Gasteiger partial charge in [-0.3, -0.25) is 0 Å². The molecule has 0 aromatic heterocycles. The van der Waals surface area contributed by atoms with E-state index in [0.29, 0.717) is 6.10 Å². The number of aliphatic hydroxyl groups is 1. The van der Waals surface area contributed by atoms with Crippen LogP contribution in [0.5, 0.6) is 11.5 Å². The zero-order valence-corrected chi connectivity index (χ0v) is 20.9. The molecule has 0 unspecified atom stereocenters. The van der Waals surface area contributed by atoms with Gasteiger partial charge in [0, 0.05) is 19.9 Å². The van der Waals surface area contributed by atoms with E-state index >= 15 is 0 Å². The number of aromatic hydroxyl groups is 1. The normalized spacial score (nSPS) is 18.6. The molecule has 0 heterocycles. The minimum absolute atomic E-state index is 0.214. The van der Waals surface area contributed by atoms with E-state index in [1.165, 1.54) is 75.3 Å². The Balaban J connectivity index is 0.000000654. The second kappa shape index (κ2) is 13.1. The molecule has 1 aromatic carbocycles. The lowest BCUT2D eigenvalue weighted by molar-refractivity contribution is 0.0121. The van der Waals surface area contributed by atoms with Gasteiger partial charge in [-0.25, -0.2) is 0 Å². The quantitative estimate of drug-likeness (QED) is 0.168. The van der Waals surface area contributed by atoms with Gasteiger partial charge in [-0.15, -0.1) is 0 Å². The van der Waals surface area contributed by atoms with E-state index < -0.39 is 7.25 Å². The van der Waals surface area contributed by atoms with Gasteiger partial charge in [0.2, 0.25) is 0 Å². The third kappa shape index (κ3) is 9.49. The number of halogens is 4. The summed E-state index contributed by atoms with van der Waals surface area (Å²) >= 11 is 0. The van der Waals surface area contributed by atoms with Crippen molar-refractivity contribution >= 4 is 20.5 Å². The second-order valence-corrected chi connectivity index (χ2v) is 12.2. The van der Waals surface area contributed by atoms with Crippen LogP contribution in [0.4, 0.5) is 17.3 Å². The van der Waals surface area contributed by atoms with E-state index in [9.17, 15) is 17.3 Å². The fourth-order valence-electron chi connectivity index (χ4n) is 4.88. The van der Waals surface area contributed by atoms with E-state index in [1.807, 2.05) is 0 Å². The van der Waals surface area contributed by atoms with Crippen molar-refractivity contribution in [1.82, 2.24) is 0 Å². The molecular weight excluding hydrogens is 438 g/mol. The van der Waals surface area contributed by atoms with Crippen LogP contribution in [0.2, 0.25) is 0 Å². The molecule has 8 heteroatoms. The Morgan fingerprint density at radius 2 is 1.31 bits per heavy atom. The number of benzene rings is 1. The maximum Gasteiger partial charge on any atom is 0.673 e. The first-order valence-corrected chi connectivity index (χ1v) is 13.7. The Morgan fingerprint density at radius 3 is 1.72 bits per heavy atom. The average molecular weight is 478 g/mol. The molecule has 0 atom stereocenters. The average Bonchev–Trinajstić information content (AvgIpc) is 2.70. The van der Waals surface area contributed by atoms with Crippen LogP contribution in [0.25, 0.3) is 0 Å². The van der Waals surface area contributed by atoms with E-state index in [4.69, 9.17) is 9.47 Å². The number of ether oxygens (including phenoxy) is 2. The fraction of sp³-hybridized carbons (Fsp3) is 0.750. The van der Waals surface area contributed by atoms with Crippen LogP contribution >= 0.6 is 7.92 Å². The highest BCUT2D eigenvalue weighted by Gasteiger charge is 2.37. The van der Waals surface area contributed by atoms with Crippen molar-refractivity contribution in [2.45, 2.75) is 115 Å². The first-order valence-electron chi connectivity index (χ1n) is 12.2. The van der Waals surface area contributed by atoms with Gasteiger partial charge >= 0.3 is 7.25 Å². The van der Waals surface area contributed by atoms with Gasteiger partial charge in [0.1, 0.15) is 11.1 Å². The van der Waals surface area contributed by atoms with Gasteiger partial charge in [0.25, 0.3) is 5.75 Å². The lowest BCUT2D eigenvalue weighted by Crippen LogP contribution is -2.29. The SMILES string of the molecule is CC(C)Oc1cccc([OH+]C(C)C)c1P(C1CCCCC1)C1CCCCC1.F[B-](F)(F)F. The van der Waals surface area contributed by atoms with Gasteiger partial charge in [-0.1, -0.05) is 46.4 Å². The standard InChI is InChI=1S/C24H39O2P.BF4/c1-18(2)25-22-16-11-17-23(26-19(3)4)24(22)27(20-12-7-5-8-13-20)21-14-9-6-10-15-21;2-1(3,4)5/h11,16-21H,5-10,12-15H2,1-4H3;/q;-1/p+1. The summed E-state index contributed by atoms with van der Waals surface area (Å²) in [5.74, 6) is 2.36. The molecule has 0 aliphatic heterocycles. The summed E-state index contributed by atoms with van der Waals surface area (Å²) in [7, 11) is -6.21. The van der Waals surface area contributed by atoms with Crippen molar-refractivity contribution in [2.75, 3.05) is 0 Å². The van der Waals surface area contributed by atoms with Crippen LogP contribution in [0.15, 0.2) is 18.2 Å². The highest BCUT2D eigenvalue weighted by molar-refractivity contribution is 7.67. The number of hydrogen-bond acceptors (Lipinski definition) is 1. The molecule has 32 heavy (non-hydrogen) atoms. The highest BCUT2D eigenvalue weighted by atomic mass is 31.1. The minimum atomic E-state index is -6.00. The highest BCUT2D eigenvalue weighted by Crippen LogP contribution is 2.58. The van der Waals surface area contributed by atoms with Crippen LogP contribution < -0.4 is 10.0 Å². The number of hydrogen-bond donors (Lipinski definition) is 0. The van der Waals surface area contributed by atoms with Crippen molar-refractivity contribution in [3.05, 3.63) is 18.2 Å². The van der Waals surface area contributed by atoms with Crippen molar-refractivity contribution in [3.63, 3.8) is 0 Å². The Hall–Kier alpha value is -0.965. The van der Waals surface area contributed by atoms with Gasteiger partial charge in [0.05, 0.1) is 6.10 Å². The molecule has 2 aliphatic rings. The van der Waals surface area contributed by atoms with Crippen molar-refractivity contribution < 1.29 is 26.7 Å². The maximum atomic E-state index is 9.75. The Labute approximate surface area is 192 Å². The zero-order valence-electron chi connectivity index (χ0n) is 20.0. The zero-order chi connectivity index (χ0) is 23.7. The van der Waals surface area contributed by atoms with E-state index in [1.54, 1.807) is 0 Å². The van der Waals surface area contributed by atoms with Crippen molar-refractivity contribution in [3.8, 4) is 11.5 Å². The van der Waals surface area contributed by atoms with E-state index in [-0.39, 0.29) is 14.0 Å². The van der Waals surface area contributed by atoms with Gasteiger partial charge < -0.3 is 26.7 Å². The van der Waals surface area contributed by atoms with Crippen molar-refractivity contribution in [1.29, 1.82) is 0 Å².